The van der Waals surface area contributed by atoms with E-state index >= 15 is 0 Å². The number of nitrogens with zero attached hydrogens (tertiary/aromatic N) is 2. The topological polar surface area (TPSA) is 91.0 Å². The van der Waals surface area contributed by atoms with Gasteiger partial charge in [0.05, 0.1) is 24.3 Å². The molecule has 1 fully saturated rings. The average Bonchev–Trinajstić information content (AvgIpc) is 2.86. The Morgan fingerprint density at radius 1 is 0.943 bits per heavy atom. The second-order valence-electron chi connectivity index (χ2n) is 8.45. The maximum atomic E-state index is 13.0. The van der Waals surface area contributed by atoms with Crippen LogP contribution in [0.5, 0.6) is 0 Å². The highest BCUT2D eigenvalue weighted by Gasteiger charge is 2.22. The number of piperazine rings is 1. The second-order valence-corrected chi connectivity index (χ2v) is 8.86. The zero-order chi connectivity index (χ0) is 25.0. The van der Waals surface area contributed by atoms with Crippen LogP contribution >= 0.6 is 12.2 Å². The maximum absolute atomic E-state index is 13.0. The van der Waals surface area contributed by atoms with Gasteiger partial charge in [-0.3, -0.25) is 14.4 Å². The number of aryl methyl sites for hydroxylation is 1. The number of anilines is 1. The smallest absolute Gasteiger partial charge is 0.306 e. The van der Waals surface area contributed by atoms with E-state index in [0.29, 0.717) is 30.9 Å². The molecule has 8 nitrogen and oxygen atoms in total. The molecule has 35 heavy (non-hydrogen) atoms. The van der Waals surface area contributed by atoms with Gasteiger partial charge in [0.2, 0.25) is 5.91 Å². The number of amides is 2. The van der Waals surface area contributed by atoms with Crippen LogP contribution in [0.15, 0.2) is 54.6 Å². The number of carbonyl (C=O) groups excluding carboxylic acids is 3. The van der Waals surface area contributed by atoms with Crippen molar-refractivity contribution in [3.8, 4) is 0 Å². The van der Waals surface area contributed by atoms with Gasteiger partial charge >= 0.3 is 5.97 Å². The standard InChI is InChI=1S/C26H32N4O4S/c1-29-15-17-30(18-16-29)25(33)21-11-5-6-12-22(21)27-26(35)28-23(31)13-14-24(32)34-19-7-10-20-8-3-2-4-9-20/h2-6,8-9,11-12H,7,10,13-19H2,1H3,(H2,27,28,31,35). The molecule has 2 N–H and O–H groups in total. The molecular weight excluding hydrogens is 464 g/mol. The number of para-hydroxylation sites is 1. The zero-order valence-electron chi connectivity index (χ0n) is 20.0. The Morgan fingerprint density at radius 2 is 1.63 bits per heavy atom. The fourth-order valence-corrected chi connectivity index (χ4v) is 3.92. The van der Waals surface area contributed by atoms with Gasteiger partial charge in [0.25, 0.3) is 5.91 Å². The Morgan fingerprint density at radius 3 is 2.37 bits per heavy atom. The minimum absolute atomic E-state index is 0.0295. The summed E-state index contributed by atoms with van der Waals surface area (Å²) in [7, 11) is 2.03. The number of benzene rings is 2. The highest BCUT2D eigenvalue weighted by atomic mass is 32.1. The molecule has 2 aromatic carbocycles. The first-order chi connectivity index (χ1) is 16.9. The van der Waals surface area contributed by atoms with E-state index in [1.165, 1.54) is 5.56 Å². The first-order valence-corrected chi connectivity index (χ1v) is 12.2. The average molecular weight is 497 g/mol. The van der Waals surface area contributed by atoms with Crippen LogP contribution in [0.2, 0.25) is 0 Å². The molecule has 186 valence electrons. The van der Waals surface area contributed by atoms with Gasteiger partial charge in [0.15, 0.2) is 5.11 Å². The van der Waals surface area contributed by atoms with Crippen molar-refractivity contribution in [1.82, 2.24) is 15.1 Å². The van der Waals surface area contributed by atoms with Crippen molar-refractivity contribution < 1.29 is 19.1 Å². The molecule has 0 atom stereocenters. The third-order valence-corrected chi connectivity index (χ3v) is 5.93. The summed E-state index contributed by atoms with van der Waals surface area (Å²) in [6, 6.07) is 17.0. The Balaban J connectivity index is 1.39. The molecular formula is C26H32N4O4S. The number of rotatable bonds is 9. The normalized spacial score (nSPS) is 13.7. The van der Waals surface area contributed by atoms with Crippen LogP contribution in [-0.4, -0.2) is 72.5 Å². The van der Waals surface area contributed by atoms with Gasteiger partial charge in [0.1, 0.15) is 0 Å². The minimum Gasteiger partial charge on any atom is -0.466 e. The quantitative estimate of drug-likeness (QED) is 0.313. The van der Waals surface area contributed by atoms with Crippen LogP contribution in [-0.2, 0) is 20.7 Å². The second kappa shape index (κ2) is 13.6. The number of carbonyl (C=O) groups is 3. The Hall–Kier alpha value is -3.30. The first kappa shape index (κ1) is 26.3. The van der Waals surface area contributed by atoms with Crippen molar-refractivity contribution in [3.05, 3.63) is 65.7 Å². The third-order valence-electron chi connectivity index (χ3n) is 5.72. The molecule has 1 heterocycles. The largest absolute Gasteiger partial charge is 0.466 e. The van der Waals surface area contributed by atoms with E-state index in [1.807, 2.05) is 42.3 Å². The van der Waals surface area contributed by atoms with E-state index in [1.54, 1.807) is 24.3 Å². The predicted molar refractivity (Wildman–Crippen MR) is 139 cm³/mol. The zero-order valence-corrected chi connectivity index (χ0v) is 20.8. The number of nitrogens with one attached hydrogen (secondary N) is 2. The van der Waals surface area contributed by atoms with Crippen molar-refractivity contribution in [1.29, 1.82) is 0 Å². The summed E-state index contributed by atoms with van der Waals surface area (Å²) in [5.41, 5.74) is 2.21. The van der Waals surface area contributed by atoms with Gasteiger partial charge in [0, 0.05) is 32.6 Å². The lowest BCUT2D eigenvalue weighted by atomic mass is 10.1. The number of hydrogen-bond acceptors (Lipinski definition) is 6. The van der Waals surface area contributed by atoms with Crippen molar-refractivity contribution in [3.63, 3.8) is 0 Å². The molecule has 0 unspecified atom stereocenters. The number of likely N-dealkylation sites (N-methyl/N-ethyl adjacent to an activating group) is 1. The number of esters is 1. The van der Waals surface area contributed by atoms with Crippen LogP contribution in [0, 0.1) is 0 Å². The van der Waals surface area contributed by atoms with E-state index in [-0.39, 0.29) is 23.9 Å². The van der Waals surface area contributed by atoms with Crippen molar-refractivity contribution >= 4 is 40.8 Å². The summed E-state index contributed by atoms with van der Waals surface area (Å²) < 4.78 is 5.21. The lowest BCUT2D eigenvalue weighted by molar-refractivity contribution is -0.145. The SMILES string of the molecule is CN1CCN(C(=O)c2ccccc2NC(=S)NC(=O)CCC(=O)OCCCc2ccccc2)CC1. The molecule has 0 spiro atoms. The van der Waals surface area contributed by atoms with Crippen molar-refractivity contribution in [2.24, 2.45) is 0 Å². The highest BCUT2D eigenvalue weighted by molar-refractivity contribution is 7.80. The molecule has 0 aromatic heterocycles. The number of ether oxygens (including phenoxy) is 1. The molecule has 2 amide bonds. The summed E-state index contributed by atoms with van der Waals surface area (Å²) in [6.07, 6.45) is 1.48. The van der Waals surface area contributed by atoms with Crippen LogP contribution in [0.1, 0.15) is 35.2 Å². The van der Waals surface area contributed by atoms with Gasteiger partial charge < -0.3 is 25.2 Å². The Kier molecular flexibility index (Phi) is 10.2. The van der Waals surface area contributed by atoms with Gasteiger partial charge in [-0.2, -0.15) is 0 Å². The number of hydrogen-bond donors (Lipinski definition) is 2. The molecule has 0 radical (unpaired) electrons. The fraction of sp³-hybridized carbons (Fsp3) is 0.385. The fourth-order valence-electron chi connectivity index (χ4n) is 3.70. The molecule has 3 rings (SSSR count). The Bertz CT molecular complexity index is 1020. The summed E-state index contributed by atoms with van der Waals surface area (Å²) in [4.78, 5) is 41.1. The van der Waals surface area contributed by atoms with E-state index in [9.17, 15) is 14.4 Å². The van der Waals surface area contributed by atoms with Gasteiger partial charge in [-0.15, -0.1) is 0 Å². The minimum atomic E-state index is -0.421. The van der Waals surface area contributed by atoms with E-state index < -0.39 is 11.9 Å². The van der Waals surface area contributed by atoms with Crippen LogP contribution < -0.4 is 10.6 Å². The summed E-state index contributed by atoms with van der Waals surface area (Å²) in [5, 5.41) is 5.58. The maximum Gasteiger partial charge on any atom is 0.306 e. The van der Waals surface area contributed by atoms with E-state index in [2.05, 4.69) is 15.5 Å². The molecule has 1 aliphatic heterocycles. The lowest BCUT2D eigenvalue weighted by Crippen LogP contribution is -2.47. The molecule has 9 heteroatoms. The highest BCUT2D eigenvalue weighted by Crippen LogP contribution is 2.18. The monoisotopic (exact) mass is 496 g/mol. The summed E-state index contributed by atoms with van der Waals surface area (Å²) >= 11 is 5.25. The van der Waals surface area contributed by atoms with Crippen LogP contribution in [0.3, 0.4) is 0 Å². The predicted octanol–water partition coefficient (Wildman–Crippen LogP) is 2.84. The lowest BCUT2D eigenvalue weighted by Gasteiger charge is -2.32. The van der Waals surface area contributed by atoms with E-state index in [0.717, 1.165) is 25.9 Å². The van der Waals surface area contributed by atoms with Crippen LogP contribution in [0.25, 0.3) is 0 Å². The van der Waals surface area contributed by atoms with E-state index in [4.69, 9.17) is 17.0 Å². The van der Waals surface area contributed by atoms with Gasteiger partial charge in [-0.1, -0.05) is 42.5 Å². The molecule has 0 saturated carbocycles. The summed E-state index contributed by atoms with van der Waals surface area (Å²) in [6.45, 7) is 3.28. The van der Waals surface area contributed by atoms with Gasteiger partial charge in [-0.05, 0) is 49.8 Å². The van der Waals surface area contributed by atoms with Gasteiger partial charge in [-0.25, -0.2) is 0 Å². The molecule has 1 saturated heterocycles. The molecule has 1 aliphatic rings. The Labute approximate surface area is 211 Å². The molecule has 2 aromatic rings. The summed E-state index contributed by atoms with van der Waals surface area (Å²) in [5.74, 6) is -0.896. The van der Waals surface area contributed by atoms with Crippen molar-refractivity contribution in [2.75, 3.05) is 45.2 Å². The first-order valence-electron chi connectivity index (χ1n) is 11.8. The van der Waals surface area contributed by atoms with Crippen molar-refractivity contribution in [2.45, 2.75) is 25.7 Å². The third kappa shape index (κ3) is 8.77. The molecule has 0 aliphatic carbocycles. The molecule has 0 bridgehead atoms. The van der Waals surface area contributed by atoms with Crippen LogP contribution in [0.4, 0.5) is 5.69 Å². The number of thiocarbonyl (C=S) groups is 1.